The molecule has 2 N–H and O–H groups in total. The molecule has 0 bridgehead atoms. The number of rotatable bonds is 24. The zero-order chi connectivity index (χ0) is 22.3. The molecule has 180 valence electrons. The molecular weight excluding hydrogens is 431 g/mol. The summed E-state index contributed by atoms with van der Waals surface area (Å²) in [4.78, 5) is 17.6. The Kier molecular flexibility index (Phi) is 23.2. The lowest BCUT2D eigenvalue weighted by molar-refractivity contribution is 0.370. The third-order valence-electron chi connectivity index (χ3n) is 5.84. The zero-order valence-corrected chi connectivity index (χ0v) is 22.0. The summed E-state index contributed by atoms with van der Waals surface area (Å²) in [6, 6.07) is 0. The molecule has 0 aromatic carbocycles. The van der Waals surface area contributed by atoms with Crippen molar-refractivity contribution in [1.29, 1.82) is 0 Å². The van der Waals surface area contributed by atoms with E-state index >= 15 is 0 Å². The van der Waals surface area contributed by atoms with Gasteiger partial charge in [0.1, 0.15) is 0 Å². The van der Waals surface area contributed by atoms with Crippen molar-refractivity contribution < 1.29 is 14.4 Å². The second kappa shape index (κ2) is 22.8. The first-order valence-corrected chi connectivity index (χ1v) is 15.3. The predicted octanol–water partition coefficient (Wildman–Crippen LogP) is 9.00. The molecule has 0 rings (SSSR count). The first-order chi connectivity index (χ1) is 14.4. The molecule has 3 nitrogen and oxygen atoms in total. The maximum atomic E-state index is 10.7. The second-order valence-corrected chi connectivity index (χ2v) is 12.1. The van der Waals surface area contributed by atoms with Gasteiger partial charge in [-0.15, -0.1) is 12.6 Å². The normalized spacial score (nSPS) is 11.8. The molecular formula is C24H49O3PS2. The smallest absolute Gasteiger partial charge is 0.324 e. The molecule has 0 spiro atoms. The number of thiol groups is 1. The van der Waals surface area contributed by atoms with Crippen LogP contribution in [0.3, 0.4) is 0 Å². The molecule has 0 aliphatic rings. The third kappa shape index (κ3) is 28.6. The Morgan fingerprint density at radius 3 is 1.00 bits per heavy atom. The number of thiocarbonyl (C=S) groups is 1. The minimum absolute atomic E-state index is 0.0560. The highest BCUT2D eigenvalue weighted by molar-refractivity contribution is 8.11. The molecule has 6 heteroatoms. The summed E-state index contributed by atoms with van der Waals surface area (Å²) in [5.74, 6) is 0. The van der Waals surface area contributed by atoms with Crippen LogP contribution in [0.5, 0.6) is 0 Å². The van der Waals surface area contributed by atoms with Crippen molar-refractivity contribution in [2.24, 2.45) is 0 Å². The van der Waals surface area contributed by atoms with E-state index in [1.807, 2.05) is 0 Å². The van der Waals surface area contributed by atoms with Crippen molar-refractivity contribution in [3.05, 3.63) is 0 Å². The summed E-state index contributed by atoms with van der Waals surface area (Å²) in [7, 11) is -3.77. The van der Waals surface area contributed by atoms with Crippen LogP contribution in [0.25, 0.3) is 0 Å². The van der Waals surface area contributed by atoms with Crippen molar-refractivity contribution in [2.45, 2.75) is 141 Å². The summed E-state index contributed by atoms with van der Waals surface area (Å²) in [5, 5.41) is 0. The average molecular weight is 481 g/mol. The summed E-state index contributed by atoms with van der Waals surface area (Å²) < 4.78 is 11.6. The first kappa shape index (κ1) is 30.6. The standard InChI is InChI=1S/C24H49O3PS2/c25-28(26,27)23-21-19-17-15-13-11-9-7-5-3-1-2-4-6-8-10-12-14-16-18-20-22-24(29)30/h1-23H2,(H,29,30)(H2,25,26,27). The monoisotopic (exact) mass is 480 g/mol. The average Bonchev–Trinajstić information content (AvgIpc) is 2.67. The second-order valence-electron chi connectivity index (χ2n) is 8.96. The Morgan fingerprint density at radius 2 is 0.767 bits per heavy atom. The Morgan fingerprint density at radius 1 is 0.533 bits per heavy atom. The number of hydrogen-bond acceptors (Lipinski definition) is 2. The van der Waals surface area contributed by atoms with Crippen LogP contribution in [-0.4, -0.2) is 20.1 Å². The Labute approximate surface area is 198 Å². The van der Waals surface area contributed by atoms with E-state index in [1.54, 1.807) is 0 Å². The minimum atomic E-state index is -3.77. The van der Waals surface area contributed by atoms with E-state index in [0.29, 0.717) is 6.42 Å². The fourth-order valence-corrected chi connectivity index (χ4v) is 4.89. The molecule has 0 atom stereocenters. The van der Waals surface area contributed by atoms with Crippen LogP contribution in [0.4, 0.5) is 0 Å². The molecule has 0 heterocycles. The van der Waals surface area contributed by atoms with E-state index in [2.05, 4.69) is 12.6 Å². The van der Waals surface area contributed by atoms with E-state index in [-0.39, 0.29) is 6.16 Å². The van der Waals surface area contributed by atoms with Crippen molar-refractivity contribution in [1.82, 2.24) is 0 Å². The van der Waals surface area contributed by atoms with E-state index in [4.69, 9.17) is 22.0 Å². The summed E-state index contributed by atoms with van der Waals surface area (Å²) in [6.45, 7) is 0. The quantitative estimate of drug-likeness (QED) is 0.0558. The van der Waals surface area contributed by atoms with Gasteiger partial charge in [0, 0.05) is 10.4 Å². The molecule has 0 aromatic rings. The highest BCUT2D eigenvalue weighted by atomic mass is 32.1. The van der Waals surface area contributed by atoms with Crippen LogP contribution >= 0.6 is 32.4 Å². The fraction of sp³-hybridized carbons (Fsp3) is 0.958. The van der Waals surface area contributed by atoms with E-state index in [9.17, 15) is 4.57 Å². The molecule has 0 amide bonds. The lowest BCUT2D eigenvalue weighted by Crippen LogP contribution is -1.88. The molecule has 30 heavy (non-hydrogen) atoms. The molecule has 0 aromatic heterocycles. The van der Waals surface area contributed by atoms with Crippen LogP contribution in [0.2, 0.25) is 0 Å². The van der Waals surface area contributed by atoms with Gasteiger partial charge < -0.3 is 9.79 Å². The summed E-state index contributed by atoms with van der Waals surface area (Å²) >= 11 is 9.15. The van der Waals surface area contributed by atoms with E-state index in [1.165, 1.54) is 116 Å². The lowest BCUT2D eigenvalue weighted by atomic mass is 10.0. The maximum absolute atomic E-state index is 10.7. The zero-order valence-electron chi connectivity index (χ0n) is 19.4. The van der Waals surface area contributed by atoms with Gasteiger partial charge >= 0.3 is 7.60 Å². The van der Waals surface area contributed by atoms with E-state index < -0.39 is 7.60 Å². The maximum Gasteiger partial charge on any atom is 0.325 e. The van der Waals surface area contributed by atoms with Crippen LogP contribution in [-0.2, 0) is 4.57 Å². The SMILES string of the molecule is O=P(O)(O)CCCCCCCCCCCCCCCCCCCCCCCC(=S)S. The van der Waals surface area contributed by atoms with Crippen molar-refractivity contribution >= 4 is 36.6 Å². The van der Waals surface area contributed by atoms with Gasteiger partial charge in [-0.3, -0.25) is 4.57 Å². The van der Waals surface area contributed by atoms with Gasteiger partial charge in [0.05, 0.1) is 0 Å². The Balaban J connectivity index is 3.05. The van der Waals surface area contributed by atoms with Gasteiger partial charge in [-0.05, 0) is 19.3 Å². The molecule has 0 saturated heterocycles. The van der Waals surface area contributed by atoms with Crippen molar-refractivity contribution in [2.75, 3.05) is 6.16 Å². The fourth-order valence-electron chi connectivity index (χ4n) is 3.95. The summed E-state index contributed by atoms with van der Waals surface area (Å²) in [5.41, 5.74) is 0. The molecule has 0 fully saturated rings. The largest absolute Gasteiger partial charge is 0.325 e. The predicted molar refractivity (Wildman–Crippen MR) is 140 cm³/mol. The number of hydrogen-bond donors (Lipinski definition) is 3. The van der Waals surface area contributed by atoms with Gasteiger partial charge in [-0.25, -0.2) is 0 Å². The van der Waals surface area contributed by atoms with Crippen molar-refractivity contribution in [3.63, 3.8) is 0 Å². The highest BCUT2D eigenvalue weighted by Crippen LogP contribution is 2.35. The molecule has 0 radical (unpaired) electrons. The highest BCUT2D eigenvalue weighted by Gasteiger charge is 2.10. The minimum Gasteiger partial charge on any atom is -0.324 e. The van der Waals surface area contributed by atoms with Gasteiger partial charge in [-0.2, -0.15) is 0 Å². The molecule has 0 saturated carbocycles. The van der Waals surface area contributed by atoms with Gasteiger partial charge in [0.2, 0.25) is 0 Å². The molecule has 0 aliphatic carbocycles. The van der Waals surface area contributed by atoms with Crippen LogP contribution < -0.4 is 0 Å². The van der Waals surface area contributed by atoms with Crippen LogP contribution in [0.15, 0.2) is 0 Å². The first-order valence-electron chi connectivity index (χ1n) is 12.7. The van der Waals surface area contributed by atoms with Gasteiger partial charge in [0.25, 0.3) is 0 Å². The van der Waals surface area contributed by atoms with E-state index in [0.717, 1.165) is 23.5 Å². The Hall–Kier alpha value is 0.590. The van der Waals surface area contributed by atoms with Crippen molar-refractivity contribution in [3.8, 4) is 0 Å². The van der Waals surface area contributed by atoms with Crippen LogP contribution in [0.1, 0.15) is 141 Å². The van der Waals surface area contributed by atoms with Crippen LogP contribution in [0, 0.1) is 0 Å². The summed E-state index contributed by atoms with van der Waals surface area (Å²) in [6.07, 6.45) is 28.3. The molecule has 0 aliphatic heterocycles. The molecule has 0 unspecified atom stereocenters. The Bertz CT molecular complexity index is 427. The third-order valence-corrected chi connectivity index (χ3v) is 7.17. The van der Waals surface area contributed by atoms with Gasteiger partial charge in [0.15, 0.2) is 0 Å². The number of unbranched alkanes of at least 4 members (excludes halogenated alkanes) is 20. The topological polar surface area (TPSA) is 57.5 Å². The lowest BCUT2D eigenvalue weighted by Gasteiger charge is -2.05. The van der Waals surface area contributed by atoms with Gasteiger partial charge in [-0.1, -0.05) is 134 Å².